The molecule has 0 saturated heterocycles. The van der Waals surface area contributed by atoms with Crippen LogP contribution < -0.4 is 0 Å². The second-order valence-corrected chi connectivity index (χ2v) is 3.61. The highest BCUT2D eigenvalue weighted by molar-refractivity contribution is 5.78. The van der Waals surface area contributed by atoms with Crippen LogP contribution in [0.4, 0.5) is 0 Å². The Labute approximate surface area is 94.1 Å². The van der Waals surface area contributed by atoms with Gasteiger partial charge in [-0.05, 0) is 24.4 Å². The van der Waals surface area contributed by atoms with E-state index in [0.717, 1.165) is 5.70 Å². The summed E-state index contributed by atoms with van der Waals surface area (Å²) < 4.78 is 0. The van der Waals surface area contributed by atoms with E-state index >= 15 is 0 Å². The molecule has 0 spiro atoms. The first-order chi connectivity index (χ1) is 7.77. The topological polar surface area (TPSA) is 48.4 Å². The Kier molecular flexibility index (Phi) is 3.05. The fourth-order valence-corrected chi connectivity index (χ4v) is 1.49. The normalized spacial score (nSPS) is 14.1. The summed E-state index contributed by atoms with van der Waals surface area (Å²) in [7, 11) is 0. The molecule has 0 amide bonds. The molecule has 1 aliphatic rings. The molecule has 2 aromatic rings. The number of aliphatic imine (C=N–C) groups is 1. The standard InChI is InChI=1S/C8H7N.C5H7NO/c1-2-4-8-7(3-1)5-6-9-8;1-4-5(7)2-3-6-4/h1-6,9H;3,7H,2H2,1H3. The molecule has 0 aliphatic carbocycles. The first-order valence-electron chi connectivity index (χ1n) is 5.21. The number of hydrogen-bond acceptors (Lipinski definition) is 2. The molecule has 0 atom stereocenters. The Morgan fingerprint density at radius 1 is 1.25 bits per heavy atom. The summed E-state index contributed by atoms with van der Waals surface area (Å²) in [5.41, 5.74) is 1.96. The molecular weight excluding hydrogens is 200 g/mol. The number of allylic oxidation sites excluding steroid dienone is 2. The molecule has 3 rings (SSSR count). The van der Waals surface area contributed by atoms with E-state index in [2.05, 4.69) is 28.2 Å². The van der Waals surface area contributed by atoms with E-state index in [1.807, 2.05) is 18.3 Å². The monoisotopic (exact) mass is 214 g/mol. The van der Waals surface area contributed by atoms with Crippen LogP contribution >= 0.6 is 0 Å². The van der Waals surface area contributed by atoms with E-state index in [1.54, 1.807) is 13.1 Å². The lowest BCUT2D eigenvalue weighted by atomic mass is 10.3. The van der Waals surface area contributed by atoms with E-state index in [-0.39, 0.29) is 0 Å². The van der Waals surface area contributed by atoms with Crippen LogP contribution in [-0.2, 0) is 0 Å². The summed E-state index contributed by atoms with van der Waals surface area (Å²) in [6, 6.07) is 10.3. The van der Waals surface area contributed by atoms with E-state index in [9.17, 15) is 0 Å². The number of fused-ring (bicyclic) bond motifs is 1. The lowest BCUT2D eigenvalue weighted by molar-refractivity contribution is 0.402. The van der Waals surface area contributed by atoms with Gasteiger partial charge in [-0.15, -0.1) is 0 Å². The van der Waals surface area contributed by atoms with Crippen molar-refractivity contribution in [2.45, 2.75) is 13.3 Å². The van der Waals surface area contributed by atoms with Crippen LogP contribution in [0.1, 0.15) is 13.3 Å². The first-order valence-corrected chi connectivity index (χ1v) is 5.21. The van der Waals surface area contributed by atoms with Gasteiger partial charge in [0, 0.05) is 24.3 Å². The molecule has 82 valence electrons. The highest BCUT2D eigenvalue weighted by Gasteiger charge is 2.00. The minimum Gasteiger partial charge on any atom is -0.510 e. The average molecular weight is 214 g/mol. The highest BCUT2D eigenvalue weighted by atomic mass is 16.3. The summed E-state index contributed by atoms with van der Waals surface area (Å²) in [4.78, 5) is 6.94. The van der Waals surface area contributed by atoms with Gasteiger partial charge in [-0.1, -0.05) is 18.2 Å². The number of rotatable bonds is 0. The van der Waals surface area contributed by atoms with Gasteiger partial charge in [0.05, 0.1) is 5.70 Å². The number of benzene rings is 1. The van der Waals surface area contributed by atoms with E-state index < -0.39 is 0 Å². The predicted molar refractivity (Wildman–Crippen MR) is 66.7 cm³/mol. The van der Waals surface area contributed by atoms with E-state index in [0.29, 0.717) is 12.2 Å². The zero-order valence-electron chi connectivity index (χ0n) is 9.14. The molecule has 0 radical (unpaired) electrons. The molecule has 3 heteroatoms. The van der Waals surface area contributed by atoms with Gasteiger partial charge < -0.3 is 10.1 Å². The quantitative estimate of drug-likeness (QED) is 0.693. The summed E-state index contributed by atoms with van der Waals surface area (Å²) in [5.74, 6) is 0.403. The Morgan fingerprint density at radius 3 is 2.62 bits per heavy atom. The van der Waals surface area contributed by atoms with Gasteiger partial charge in [-0.25, -0.2) is 0 Å². The van der Waals surface area contributed by atoms with Gasteiger partial charge in [-0.3, -0.25) is 4.99 Å². The first kappa shape index (κ1) is 10.5. The van der Waals surface area contributed by atoms with Crippen LogP contribution in [-0.4, -0.2) is 16.3 Å². The molecule has 1 aliphatic heterocycles. The number of hydrogen-bond donors (Lipinski definition) is 2. The molecule has 2 N–H and O–H groups in total. The summed E-state index contributed by atoms with van der Waals surface area (Å²) in [6.07, 6.45) is 4.27. The minimum absolute atomic E-state index is 0.403. The molecule has 0 fully saturated rings. The Hall–Kier alpha value is -2.03. The summed E-state index contributed by atoms with van der Waals surface area (Å²) in [6.45, 7) is 1.79. The molecule has 0 unspecified atom stereocenters. The fourth-order valence-electron chi connectivity index (χ4n) is 1.49. The van der Waals surface area contributed by atoms with Crippen LogP contribution in [0.25, 0.3) is 10.9 Å². The molecule has 16 heavy (non-hydrogen) atoms. The molecular formula is C13H14N2O. The van der Waals surface area contributed by atoms with E-state index in [1.165, 1.54) is 10.9 Å². The largest absolute Gasteiger partial charge is 0.510 e. The summed E-state index contributed by atoms with van der Waals surface area (Å²) >= 11 is 0. The van der Waals surface area contributed by atoms with Crippen molar-refractivity contribution in [1.82, 2.24) is 4.98 Å². The second-order valence-electron chi connectivity index (χ2n) is 3.61. The third kappa shape index (κ3) is 2.31. The van der Waals surface area contributed by atoms with Crippen LogP contribution in [0.15, 0.2) is 53.0 Å². The van der Waals surface area contributed by atoms with Crippen molar-refractivity contribution in [1.29, 1.82) is 0 Å². The number of para-hydroxylation sites is 1. The van der Waals surface area contributed by atoms with Crippen LogP contribution in [0.2, 0.25) is 0 Å². The van der Waals surface area contributed by atoms with Gasteiger partial charge >= 0.3 is 0 Å². The molecule has 2 heterocycles. The molecule has 3 nitrogen and oxygen atoms in total. The van der Waals surface area contributed by atoms with Gasteiger partial charge in [0.25, 0.3) is 0 Å². The van der Waals surface area contributed by atoms with Crippen LogP contribution in [0.5, 0.6) is 0 Å². The van der Waals surface area contributed by atoms with Crippen molar-refractivity contribution < 1.29 is 5.11 Å². The maximum absolute atomic E-state index is 8.75. The number of aliphatic hydroxyl groups excluding tert-OH is 1. The van der Waals surface area contributed by atoms with Gasteiger partial charge in [-0.2, -0.15) is 0 Å². The number of aromatic amines is 1. The van der Waals surface area contributed by atoms with Crippen molar-refractivity contribution in [3.8, 4) is 0 Å². The number of nitrogens with one attached hydrogen (secondary N) is 1. The number of aromatic nitrogens is 1. The predicted octanol–water partition coefficient (Wildman–Crippen LogP) is 3.42. The third-order valence-corrected chi connectivity index (χ3v) is 2.45. The summed E-state index contributed by atoms with van der Waals surface area (Å²) in [5, 5.41) is 10.0. The Balaban J connectivity index is 0.000000125. The fraction of sp³-hybridized carbons (Fsp3) is 0.154. The van der Waals surface area contributed by atoms with Crippen molar-refractivity contribution in [2.75, 3.05) is 0 Å². The lowest BCUT2D eigenvalue weighted by Crippen LogP contribution is -1.74. The van der Waals surface area contributed by atoms with Crippen molar-refractivity contribution in [3.63, 3.8) is 0 Å². The molecule has 0 bridgehead atoms. The van der Waals surface area contributed by atoms with E-state index in [4.69, 9.17) is 5.11 Å². The number of nitrogens with zero attached hydrogens (tertiary/aromatic N) is 1. The zero-order valence-corrected chi connectivity index (χ0v) is 9.14. The van der Waals surface area contributed by atoms with Crippen molar-refractivity contribution in [2.24, 2.45) is 4.99 Å². The number of aliphatic hydroxyl groups is 1. The lowest BCUT2D eigenvalue weighted by Gasteiger charge is -1.85. The average Bonchev–Trinajstić information content (AvgIpc) is 2.89. The molecule has 1 aromatic carbocycles. The smallest absolute Gasteiger partial charge is 0.119 e. The number of H-pyrrole nitrogens is 1. The van der Waals surface area contributed by atoms with Crippen LogP contribution in [0, 0.1) is 0 Å². The highest BCUT2D eigenvalue weighted by Crippen LogP contribution is 2.10. The van der Waals surface area contributed by atoms with Crippen LogP contribution in [0.3, 0.4) is 0 Å². The van der Waals surface area contributed by atoms with Crippen molar-refractivity contribution in [3.05, 3.63) is 48.0 Å². The van der Waals surface area contributed by atoms with Gasteiger partial charge in [0.1, 0.15) is 5.76 Å². The molecule has 1 aromatic heterocycles. The van der Waals surface area contributed by atoms with Gasteiger partial charge in [0.15, 0.2) is 0 Å². The maximum Gasteiger partial charge on any atom is 0.119 e. The molecule has 0 saturated carbocycles. The van der Waals surface area contributed by atoms with Gasteiger partial charge in [0.2, 0.25) is 0 Å². The Morgan fingerprint density at radius 2 is 2.06 bits per heavy atom. The SMILES string of the molecule is CC1=C(O)CC=N1.c1ccc2[nH]ccc2c1. The minimum atomic E-state index is 0.403. The van der Waals surface area contributed by atoms with Crippen molar-refractivity contribution >= 4 is 17.1 Å². The second kappa shape index (κ2) is 4.66. The maximum atomic E-state index is 8.75. The Bertz CT molecular complexity index is 507. The zero-order chi connectivity index (χ0) is 11.4. The third-order valence-electron chi connectivity index (χ3n) is 2.45.